The summed E-state index contributed by atoms with van der Waals surface area (Å²) in [4.78, 5) is 5.11. The van der Waals surface area contributed by atoms with Crippen LogP contribution in [0.25, 0.3) is 11.1 Å². The molecule has 0 aliphatic carbocycles. The number of alkyl halides is 5. The van der Waals surface area contributed by atoms with Gasteiger partial charge in [-0.25, -0.2) is 8.78 Å². The number of benzene rings is 2. The summed E-state index contributed by atoms with van der Waals surface area (Å²) >= 11 is 1.51. The van der Waals surface area contributed by atoms with E-state index in [0.717, 1.165) is 22.6 Å². The first kappa shape index (κ1) is 24.1. The predicted octanol–water partition coefficient (Wildman–Crippen LogP) is 7.25. The Labute approximate surface area is 194 Å². The van der Waals surface area contributed by atoms with E-state index in [0.29, 0.717) is 16.6 Å². The van der Waals surface area contributed by atoms with Crippen molar-refractivity contribution in [1.82, 2.24) is 4.98 Å². The number of halogens is 7. The molecule has 4 rings (SSSR count). The van der Waals surface area contributed by atoms with E-state index in [2.05, 4.69) is 10.1 Å². The molecule has 2 aromatic carbocycles. The predicted molar refractivity (Wildman–Crippen MR) is 116 cm³/mol. The van der Waals surface area contributed by atoms with Gasteiger partial charge in [0, 0.05) is 23.6 Å². The van der Waals surface area contributed by atoms with Gasteiger partial charge in [0.2, 0.25) is 0 Å². The van der Waals surface area contributed by atoms with Gasteiger partial charge in [0.05, 0.1) is 11.4 Å². The zero-order valence-electron chi connectivity index (χ0n) is 17.5. The molecule has 1 aliphatic heterocycles. The van der Waals surface area contributed by atoms with Crippen LogP contribution in [0.15, 0.2) is 70.8 Å². The fraction of sp³-hybridized carbons (Fsp3) is 0.217. The number of hydrogen-bond acceptors (Lipinski definition) is 4. The van der Waals surface area contributed by atoms with Crippen LogP contribution in [-0.4, -0.2) is 29.1 Å². The van der Waals surface area contributed by atoms with Gasteiger partial charge >= 0.3 is 12.1 Å². The van der Waals surface area contributed by atoms with Crippen LogP contribution < -0.4 is 5.01 Å². The van der Waals surface area contributed by atoms with Gasteiger partial charge in [0.25, 0.3) is 0 Å². The molecule has 0 saturated carbocycles. The zero-order valence-corrected chi connectivity index (χ0v) is 18.3. The summed E-state index contributed by atoms with van der Waals surface area (Å²) in [5, 5.41) is 4.15. The van der Waals surface area contributed by atoms with Gasteiger partial charge in [-0.3, -0.25) is 9.99 Å². The average molecular weight is 499 g/mol. The van der Waals surface area contributed by atoms with Crippen LogP contribution in [0.4, 0.5) is 36.4 Å². The van der Waals surface area contributed by atoms with Gasteiger partial charge in [0.1, 0.15) is 17.6 Å². The second-order valence-corrected chi connectivity index (χ2v) is 8.36. The fourth-order valence-electron chi connectivity index (χ4n) is 3.60. The SMILES string of the molecule is CSc1cccc(-c2ccnc(C3CC(C(F)(F)C(F)(F)F)=NN3c3ccc(F)cc3F)c2)c1. The van der Waals surface area contributed by atoms with Gasteiger partial charge in [-0.15, -0.1) is 11.8 Å². The summed E-state index contributed by atoms with van der Waals surface area (Å²) < 4.78 is 95.3. The Bertz CT molecular complexity index is 1240. The van der Waals surface area contributed by atoms with Crippen LogP contribution >= 0.6 is 11.8 Å². The number of rotatable bonds is 5. The molecule has 0 bridgehead atoms. The first-order valence-corrected chi connectivity index (χ1v) is 11.1. The quantitative estimate of drug-likeness (QED) is 0.273. The summed E-state index contributed by atoms with van der Waals surface area (Å²) in [6, 6.07) is 11.6. The number of hydrazone groups is 1. The monoisotopic (exact) mass is 499 g/mol. The number of hydrogen-bond donors (Lipinski definition) is 0. The van der Waals surface area contributed by atoms with Crippen molar-refractivity contribution in [3.05, 3.63) is 78.1 Å². The fourth-order valence-corrected chi connectivity index (χ4v) is 4.06. The molecule has 3 aromatic rings. The summed E-state index contributed by atoms with van der Waals surface area (Å²) in [5.74, 6) is -7.33. The molecule has 0 radical (unpaired) electrons. The Morgan fingerprint density at radius 1 is 0.941 bits per heavy atom. The minimum absolute atomic E-state index is 0.104. The lowest BCUT2D eigenvalue weighted by Crippen LogP contribution is -2.43. The van der Waals surface area contributed by atoms with Crippen LogP contribution in [0.2, 0.25) is 0 Å². The highest BCUT2D eigenvalue weighted by molar-refractivity contribution is 7.98. The van der Waals surface area contributed by atoms with Gasteiger partial charge in [-0.05, 0) is 53.8 Å². The second-order valence-electron chi connectivity index (χ2n) is 7.48. The van der Waals surface area contributed by atoms with Crippen molar-refractivity contribution < 1.29 is 30.7 Å². The van der Waals surface area contributed by atoms with Crippen LogP contribution in [0, 0.1) is 11.6 Å². The molecular formula is C23H16F7N3S. The molecule has 1 aliphatic rings. The maximum atomic E-state index is 14.5. The number of nitrogens with zero attached hydrogens (tertiary/aromatic N) is 3. The lowest BCUT2D eigenvalue weighted by atomic mass is 9.99. The number of thioether (sulfide) groups is 1. The Morgan fingerprint density at radius 3 is 2.35 bits per heavy atom. The molecular weight excluding hydrogens is 483 g/mol. The van der Waals surface area contributed by atoms with E-state index in [9.17, 15) is 30.7 Å². The van der Waals surface area contributed by atoms with Gasteiger partial charge in [-0.2, -0.15) is 27.1 Å². The van der Waals surface area contributed by atoms with Crippen LogP contribution in [-0.2, 0) is 0 Å². The highest BCUT2D eigenvalue weighted by atomic mass is 32.2. The summed E-state index contributed by atoms with van der Waals surface area (Å²) in [7, 11) is 0. The van der Waals surface area contributed by atoms with Crippen molar-refractivity contribution in [3.8, 4) is 11.1 Å². The molecule has 2 heterocycles. The molecule has 3 nitrogen and oxygen atoms in total. The normalized spacial score (nSPS) is 16.6. The van der Waals surface area contributed by atoms with Crippen molar-refractivity contribution >= 4 is 23.2 Å². The van der Waals surface area contributed by atoms with Gasteiger partial charge in [0.15, 0.2) is 5.82 Å². The Balaban J connectivity index is 1.79. The molecule has 1 aromatic heterocycles. The molecule has 1 atom stereocenters. The standard InChI is InChI=1S/C23H16F7N3S/c1-34-16-4-2-3-13(9-16)14-7-8-31-18(10-14)20-12-21(22(26,27)23(28,29)30)32-33(20)19-6-5-15(24)11-17(19)25/h2-11,20H,12H2,1H3. The average Bonchev–Trinajstić information content (AvgIpc) is 3.24. The lowest BCUT2D eigenvalue weighted by Gasteiger charge is -2.24. The third-order valence-electron chi connectivity index (χ3n) is 5.31. The minimum atomic E-state index is -5.89. The van der Waals surface area contributed by atoms with Crippen molar-refractivity contribution in [2.45, 2.75) is 29.5 Å². The number of anilines is 1. The molecule has 34 heavy (non-hydrogen) atoms. The van der Waals surface area contributed by atoms with Crippen molar-refractivity contribution in [2.75, 3.05) is 11.3 Å². The summed E-state index contributed by atoms with van der Waals surface area (Å²) in [6.07, 6.45) is -3.47. The third-order valence-corrected chi connectivity index (χ3v) is 6.04. The van der Waals surface area contributed by atoms with E-state index < -0.39 is 47.6 Å². The van der Waals surface area contributed by atoms with Gasteiger partial charge in [-0.1, -0.05) is 12.1 Å². The lowest BCUT2D eigenvalue weighted by molar-refractivity contribution is -0.249. The van der Waals surface area contributed by atoms with Crippen LogP contribution in [0.5, 0.6) is 0 Å². The topological polar surface area (TPSA) is 28.5 Å². The largest absolute Gasteiger partial charge is 0.459 e. The maximum absolute atomic E-state index is 14.5. The number of aromatic nitrogens is 1. The minimum Gasteiger partial charge on any atom is -0.259 e. The van der Waals surface area contributed by atoms with Crippen LogP contribution in [0.3, 0.4) is 0 Å². The molecule has 0 saturated heterocycles. The third kappa shape index (κ3) is 4.48. The molecule has 1 unspecified atom stereocenters. The smallest absolute Gasteiger partial charge is 0.259 e. The number of pyridine rings is 1. The molecule has 178 valence electrons. The molecule has 0 amide bonds. The Hall–Kier alpha value is -3.08. The van der Waals surface area contributed by atoms with E-state index in [1.54, 1.807) is 6.07 Å². The van der Waals surface area contributed by atoms with E-state index in [-0.39, 0.29) is 5.69 Å². The Morgan fingerprint density at radius 2 is 1.68 bits per heavy atom. The zero-order chi connectivity index (χ0) is 24.7. The molecule has 0 N–H and O–H groups in total. The van der Waals surface area contributed by atoms with Crippen LogP contribution in [0.1, 0.15) is 18.2 Å². The molecule has 0 fully saturated rings. The summed E-state index contributed by atoms with van der Waals surface area (Å²) in [6.45, 7) is 0. The van der Waals surface area contributed by atoms with Gasteiger partial charge < -0.3 is 0 Å². The Kier molecular flexibility index (Phi) is 6.32. The molecule has 11 heteroatoms. The highest BCUT2D eigenvalue weighted by Crippen LogP contribution is 2.45. The van der Waals surface area contributed by atoms with E-state index in [4.69, 9.17) is 0 Å². The van der Waals surface area contributed by atoms with Crippen molar-refractivity contribution in [1.29, 1.82) is 0 Å². The second kappa shape index (κ2) is 8.94. The summed E-state index contributed by atoms with van der Waals surface area (Å²) in [5.41, 5.74) is -0.417. The first-order chi connectivity index (χ1) is 16.0. The van der Waals surface area contributed by atoms with Crippen molar-refractivity contribution in [3.63, 3.8) is 0 Å². The van der Waals surface area contributed by atoms with E-state index >= 15 is 0 Å². The van der Waals surface area contributed by atoms with Crippen molar-refractivity contribution in [2.24, 2.45) is 5.10 Å². The van der Waals surface area contributed by atoms with E-state index in [1.807, 2.05) is 30.5 Å². The van der Waals surface area contributed by atoms with E-state index in [1.165, 1.54) is 24.0 Å². The highest BCUT2D eigenvalue weighted by Gasteiger charge is 2.63. The first-order valence-electron chi connectivity index (χ1n) is 9.88. The maximum Gasteiger partial charge on any atom is 0.459 e. The molecule has 0 spiro atoms.